The van der Waals surface area contributed by atoms with Crippen molar-refractivity contribution in [1.29, 1.82) is 0 Å². The number of fused-ring (bicyclic) bond motifs is 1. The number of aromatic amines is 1. The fourth-order valence-corrected chi connectivity index (χ4v) is 1.06. The van der Waals surface area contributed by atoms with Gasteiger partial charge in [0.15, 0.2) is 0 Å². The topological polar surface area (TPSA) is 66.0 Å². The van der Waals surface area contributed by atoms with Crippen LogP contribution in [0.4, 0.5) is 0 Å². The zero-order valence-electron chi connectivity index (χ0n) is 6.11. The lowest BCUT2D eigenvalue weighted by atomic mass is 10.2. The SMILES string of the molecule is O=C(O)c1ccc2cncc-2[nH]1. The molecule has 0 aromatic carbocycles. The Morgan fingerprint density at radius 3 is 3.00 bits per heavy atom. The Morgan fingerprint density at radius 2 is 2.25 bits per heavy atom. The van der Waals surface area contributed by atoms with Crippen LogP contribution < -0.4 is 0 Å². The Kier molecular flexibility index (Phi) is 1.33. The summed E-state index contributed by atoms with van der Waals surface area (Å²) in [5, 5.41) is 8.63. The van der Waals surface area contributed by atoms with Crippen molar-refractivity contribution < 1.29 is 9.90 Å². The van der Waals surface area contributed by atoms with Crippen LogP contribution in [0.5, 0.6) is 0 Å². The number of rotatable bonds is 1. The molecule has 0 bridgehead atoms. The first-order valence-electron chi connectivity index (χ1n) is 3.43. The molecule has 0 radical (unpaired) electrons. The molecule has 0 atom stereocenters. The van der Waals surface area contributed by atoms with Crippen LogP contribution >= 0.6 is 0 Å². The highest BCUT2D eigenvalue weighted by Crippen LogP contribution is 2.17. The summed E-state index contributed by atoms with van der Waals surface area (Å²) in [6, 6.07) is 3.24. The molecule has 0 aromatic rings. The largest absolute Gasteiger partial charge is 0.477 e. The first kappa shape index (κ1) is 6.84. The average Bonchev–Trinajstić information content (AvgIpc) is 2.49. The lowest BCUT2D eigenvalue weighted by Crippen LogP contribution is -2.00. The molecule has 60 valence electrons. The highest BCUT2D eigenvalue weighted by Gasteiger charge is 2.07. The predicted molar refractivity (Wildman–Crippen MR) is 42.2 cm³/mol. The quantitative estimate of drug-likeness (QED) is 0.662. The van der Waals surface area contributed by atoms with Crippen molar-refractivity contribution in [1.82, 2.24) is 9.97 Å². The van der Waals surface area contributed by atoms with Gasteiger partial charge in [-0.15, -0.1) is 0 Å². The molecule has 0 spiro atoms. The second-order valence-corrected chi connectivity index (χ2v) is 2.45. The van der Waals surface area contributed by atoms with Gasteiger partial charge in [0.05, 0.1) is 11.9 Å². The van der Waals surface area contributed by atoms with Gasteiger partial charge in [0, 0.05) is 11.8 Å². The van der Waals surface area contributed by atoms with Gasteiger partial charge in [-0.1, -0.05) is 0 Å². The van der Waals surface area contributed by atoms with Gasteiger partial charge in [0.25, 0.3) is 0 Å². The maximum Gasteiger partial charge on any atom is 0.352 e. The number of carboxylic acid groups (broad SMARTS) is 1. The summed E-state index contributed by atoms with van der Waals surface area (Å²) in [6.07, 6.45) is 3.28. The molecule has 2 heterocycles. The van der Waals surface area contributed by atoms with E-state index in [0.717, 1.165) is 11.3 Å². The molecule has 4 heteroatoms. The molecule has 0 unspecified atom stereocenters. The number of aromatic nitrogens is 2. The first-order chi connectivity index (χ1) is 5.77. The Labute approximate surface area is 68.2 Å². The average molecular weight is 162 g/mol. The van der Waals surface area contributed by atoms with Crippen molar-refractivity contribution in [2.45, 2.75) is 0 Å². The van der Waals surface area contributed by atoms with E-state index in [-0.39, 0.29) is 5.69 Å². The van der Waals surface area contributed by atoms with Crippen LogP contribution in [0.2, 0.25) is 0 Å². The van der Waals surface area contributed by atoms with Gasteiger partial charge >= 0.3 is 5.97 Å². The third-order valence-corrected chi connectivity index (χ3v) is 1.66. The highest BCUT2D eigenvalue weighted by atomic mass is 16.4. The van der Waals surface area contributed by atoms with Crippen LogP contribution in [0.3, 0.4) is 0 Å². The van der Waals surface area contributed by atoms with Crippen molar-refractivity contribution in [3.63, 3.8) is 0 Å². The van der Waals surface area contributed by atoms with E-state index in [1.54, 1.807) is 18.5 Å². The second kappa shape index (κ2) is 2.34. The fraction of sp³-hybridized carbons (Fsp3) is 0. The van der Waals surface area contributed by atoms with E-state index in [4.69, 9.17) is 5.11 Å². The zero-order chi connectivity index (χ0) is 8.55. The lowest BCUT2D eigenvalue weighted by molar-refractivity contribution is 0.0690. The maximum atomic E-state index is 10.5. The number of aromatic carboxylic acids is 1. The van der Waals surface area contributed by atoms with Crippen LogP contribution in [-0.2, 0) is 0 Å². The van der Waals surface area contributed by atoms with Gasteiger partial charge in [-0.3, -0.25) is 4.98 Å². The smallest absolute Gasteiger partial charge is 0.352 e. The molecule has 12 heavy (non-hydrogen) atoms. The fourth-order valence-electron chi connectivity index (χ4n) is 1.06. The van der Waals surface area contributed by atoms with Crippen LogP contribution in [0.1, 0.15) is 10.5 Å². The van der Waals surface area contributed by atoms with Gasteiger partial charge in [-0.25, -0.2) is 4.79 Å². The number of pyridine rings is 1. The molecule has 0 fully saturated rings. The first-order valence-corrected chi connectivity index (χ1v) is 3.43. The van der Waals surface area contributed by atoms with E-state index in [0.29, 0.717) is 0 Å². The Balaban J connectivity index is 2.62. The van der Waals surface area contributed by atoms with Gasteiger partial charge in [-0.2, -0.15) is 0 Å². The number of carbonyl (C=O) groups is 1. The maximum absolute atomic E-state index is 10.5. The minimum atomic E-state index is -0.960. The number of nitrogens with zero attached hydrogens (tertiary/aromatic N) is 1. The molecule has 2 aliphatic rings. The molecular formula is C8H6N2O2. The van der Waals surface area contributed by atoms with E-state index >= 15 is 0 Å². The van der Waals surface area contributed by atoms with E-state index in [2.05, 4.69) is 9.97 Å². The van der Waals surface area contributed by atoms with Crippen molar-refractivity contribution in [3.8, 4) is 11.3 Å². The van der Waals surface area contributed by atoms with Gasteiger partial charge < -0.3 is 10.1 Å². The summed E-state index contributed by atoms with van der Waals surface area (Å²) < 4.78 is 0. The third kappa shape index (κ3) is 0.934. The summed E-state index contributed by atoms with van der Waals surface area (Å²) >= 11 is 0. The van der Waals surface area contributed by atoms with E-state index in [9.17, 15) is 4.79 Å². The predicted octanol–water partition coefficient (Wildman–Crippen LogP) is 1.21. The molecule has 2 N–H and O–H groups in total. The lowest BCUT2D eigenvalue weighted by Gasteiger charge is -1.99. The van der Waals surface area contributed by atoms with Gasteiger partial charge in [-0.05, 0) is 12.1 Å². The monoisotopic (exact) mass is 162 g/mol. The van der Waals surface area contributed by atoms with Gasteiger partial charge in [0.2, 0.25) is 0 Å². The molecule has 0 aliphatic carbocycles. The molecular weight excluding hydrogens is 156 g/mol. The van der Waals surface area contributed by atoms with Crippen molar-refractivity contribution in [3.05, 3.63) is 30.2 Å². The van der Waals surface area contributed by atoms with Crippen molar-refractivity contribution in [2.75, 3.05) is 0 Å². The standard InChI is InChI=1S/C8H6N2O2/c11-8(12)6-2-1-5-3-9-4-7(5)10-6/h1-4,10H,(H,11,12). The molecule has 2 rings (SSSR count). The minimum Gasteiger partial charge on any atom is -0.477 e. The van der Waals surface area contributed by atoms with E-state index < -0.39 is 5.97 Å². The highest BCUT2D eigenvalue weighted by molar-refractivity contribution is 5.86. The normalized spacial score (nSPS) is 10.3. The Morgan fingerprint density at radius 1 is 1.42 bits per heavy atom. The summed E-state index contributed by atoms with van der Waals surface area (Å²) in [4.78, 5) is 17.1. The van der Waals surface area contributed by atoms with Crippen molar-refractivity contribution in [2.24, 2.45) is 0 Å². The minimum absolute atomic E-state index is 0.176. The third-order valence-electron chi connectivity index (χ3n) is 1.66. The van der Waals surface area contributed by atoms with Crippen molar-refractivity contribution >= 4 is 5.97 Å². The summed E-state index contributed by atoms with van der Waals surface area (Å²) in [5.74, 6) is -0.960. The van der Waals surface area contributed by atoms with Gasteiger partial charge in [0.1, 0.15) is 5.69 Å². The number of hydrogen-bond donors (Lipinski definition) is 2. The van der Waals surface area contributed by atoms with E-state index in [1.165, 1.54) is 6.07 Å². The molecule has 0 saturated carbocycles. The van der Waals surface area contributed by atoms with Crippen LogP contribution in [0.15, 0.2) is 24.5 Å². The number of carboxylic acids is 1. The molecule has 4 nitrogen and oxygen atoms in total. The molecule has 0 aromatic heterocycles. The zero-order valence-corrected chi connectivity index (χ0v) is 6.11. The summed E-state index contributed by atoms with van der Waals surface area (Å²) in [6.45, 7) is 0. The Hall–Kier alpha value is -1.84. The molecule has 2 aliphatic heterocycles. The van der Waals surface area contributed by atoms with Crippen LogP contribution in [0, 0.1) is 0 Å². The van der Waals surface area contributed by atoms with Crippen LogP contribution in [-0.4, -0.2) is 21.0 Å². The Bertz CT molecular complexity index is 394. The molecule has 0 saturated heterocycles. The van der Waals surface area contributed by atoms with E-state index in [1.807, 2.05) is 0 Å². The summed E-state index contributed by atoms with van der Waals surface area (Å²) in [7, 11) is 0. The number of nitrogens with one attached hydrogen (secondary N) is 1. The second-order valence-electron chi connectivity index (χ2n) is 2.45. The number of hydrogen-bond acceptors (Lipinski definition) is 2. The molecule has 0 amide bonds. The summed E-state index contributed by atoms with van der Waals surface area (Å²) in [5.41, 5.74) is 1.84. The van der Waals surface area contributed by atoms with Crippen LogP contribution in [0.25, 0.3) is 11.3 Å². The number of H-pyrrole nitrogens is 1.